The number of benzene rings is 1. The van der Waals surface area contributed by atoms with E-state index in [0.717, 1.165) is 23.0 Å². The Labute approximate surface area is 128 Å². The Hall–Kier alpha value is -1.70. The minimum atomic E-state index is -0.604. The van der Waals surface area contributed by atoms with Crippen molar-refractivity contribution in [2.75, 3.05) is 20.3 Å². The first-order chi connectivity index (χ1) is 10.2. The van der Waals surface area contributed by atoms with E-state index in [4.69, 9.17) is 9.47 Å². The molecule has 0 fully saturated rings. The summed E-state index contributed by atoms with van der Waals surface area (Å²) in [7, 11) is 1.64. The SMILES string of the molecule is COc1ccc([C@H](C)NCC(O)COc2cnsn2)cc1. The van der Waals surface area contributed by atoms with E-state index in [0.29, 0.717) is 12.4 Å². The molecule has 6 nitrogen and oxygen atoms in total. The molecule has 2 aromatic rings. The highest BCUT2D eigenvalue weighted by Crippen LogP contribution is 2.17. The van der Waals surface area contributed by atoms with Crippen molar-refractivity contribution in [1.29, 1.82) is 0 Å². The second-order valence-corrected chi connectivity index (χ2v) is 5.17. The number of hydrogen-bond acceptors (Lipinski definition) is 7. The maximum atomic E-state index is 9.87. The van der Waals surface area contributed by atoms with Gasteiger partial charge in [0.05, 0.1) is 18.8 Å². The average Bonchev–Trinajstić information content (AvgIpc) is 3.04. The first kappa shape index (κ1) is 15.7. The molecule has 0 bridgehead atoms. The van der Waals surface area contributed by atoms with Gasteiger partial charge in [-0.05, 0) is 24.6 Å². The fraction of sp³-hybridized carbons (Fsp3) is 0.429. The summed E-state index contributed by atoms with van der Waals surface area (Å²) in [6.07, 6.45) is 0.928. The summed E-state index contributed by atoms with van der Waals surface area (Å²) >= 11 is 1.08. The first-order valence-electron chi connectivity index (χ1n) is 6.65. The van der Waals surface area contributed by atoms with Crippen molar-refractivity contribution in [1.82, 2.24) is 14.1 Å². The lowest BCUT2D eigenvalue weighted by Gasteiger charge is -2.17. The van der Waals surface area contributed by atoms with Crippen molar-refractivity contribution in [3.8, 4) is 11.6 Å². The van der Waals surface area contributed by atoms with Crippen LogP contribution in [0.5, 0.6) is 11.6 Å². The Morgan fingerprint density at radius 2 is 2.10 bits per heavy atom. The predicted octanol–water partition coefficient (Wildman–Crippen LogP) is 1.64. The van der Waals surface area contributed by atoms with Crippen LogP contribution in [0.3, 0.4) is 0 Å². The zero-order valence-corrected chi connectivity index (χ0v) is 12.8. The number of aliphatic hydroxyl groups excluding tert-OH is 1. The fourth-order valence-corrected chi connectivity index (χ4v) is 2.15. The Morgan fingerprint density at radius 1 is 1.33 bits per heavy atom. The maximum absolute atomic E-state index is 9.87. The van der Waals surface area contributed by atoms with Crippen LogP contribution in [0.15, 0.2) is 30.5 Å². The van der Waals surface area contributed by atoms with Gasteiger partial charge >= 0.3 is 0 Å². The smallest absolute Gasteiger partial charge is 0.245 e. The lowest BCUT2D eigenvalue weighted by Crippen LogP contribution is -2.33. The van der Waals surface area contributed by atoms with Gasteiger partial charge in [-0.15, -0.1) is 4.37 Å². The van der Waals surface area contributed by atoms with Gasteiger partial charge in [0, 0.05) is 12.6 Å². The Kier molecular flexibility index (Phi) is 5.91. The summed E-state index contributed by atoms with van der Waals surface area (Å²) in [6, 6.07) is 7.97. The Bertz CT molecular complexity index is 519. The summed E-state index contributed by atoms with van der Waals surface area (Å²) < 4.78 is 18.2. The molecule has 1 aromatic carbocycles. The van der Waals surface area contributed by atoms with E-state index < -0.39 is 6.10 Å². The molecule has 2 rings (SSSR count). The first-order valence-corrected chi connectivity index (χ1v) is 7.38. The molecule has 2 atom stereocenters. The van der Waals surface area contributed by atoms with Gasteiger partial charge in [0.15, 0.2) is 0 Å². The van der Waals surface area contributed by atoms with E-state index in [9.17, 15) is 5.11 Å². The molecule has 0 aliphatic heterocycles. The lowest BCUT2D eigenvalue weighted by molar-refractivity contribution is 0.102. The largest absolute Gasteiger partial charge is 0.497 e. The van der Waals surface area contributed by atoms with Crippen LogP contribution in [0.25, 0.3) is 0 Å². The number of aromatic nitrogens is 2. The van der Waals surface area contributed by atoms with E-state index >= 15 is 0 Å². The molecule has 0 aliphatic carbocycles. The van der Waals surface area contributed by atoms with Crippen molar-refractivity contribution < 1.29 is 14.6 Å². The molecule has 0 saturated carbocycles. The molecule has 1 heterocycles. The predicted molar refractivity (Wildman–Crippen MR) is 80.8 cm³/mol. The zero-order chi connectivity index (χ0) is 15.1. The minimum Gasteiger partial charge on any atom is -0.497 e. The number of aliphatic hydroxyl groups is 1. The number of methoxy groups -OCH3 is 1. The van der Waals surface area contributed by atoms with Gasteiger partial charge in [0.1, 0.15) is 24.7 Å². The van der Waals surface area contributed by atoms with E-state index in [1.165, 1.54) is 6.20 Å². The number of hydrogen-bond donors (Lipinski definition) is 2. The lowest BCUT2D eigenvalue weighted by atomic mass is 10.1. The third-order valence-electron chi connectivity index (χ3n) is 3.04. The van der Waals surface area contributed by atoms with E-state index in [1.807, 2.05) is 31.2 Å². The molecule has 0 radical (unpaired) electrons. The standard InChI is InChI=1S/C14H19N3O3S/c1-10(11-3-5-13(19-2)6-4-11)15-7-12(18)9-20-14-8-16-21-17-14/h3-6,8,10,12,15,18H,7,9H2,1-2H3/t10-,12?/m0/s1. The number of ether oxygens (including phenoxy) is 2. The molecule has 0 amide bonds. The van der Waals surface area contributed by atoms with Gasteiger partial charge in [-0.25, -0.2) is 0 Å². The zero-order valence-electron chi connectivity index (χ0n) is 12.0. The topological polar surface area (TPSA) is 76.5 Å². The molecule has 0 saturated heterocycles. The van der Waals surface area contributed by atoms with Crippen LogP contribution < -0.4 is 14.8 Å². The molecule has 114 valence electrons. The number of nitrogens with zero attached hydrogens (tertiary/aromatic N) is 2. The molecule has 1 aromatic heterocycles. The van der Waals surface area contributed by atoms with Crippen LogP contribution in [0, 0.1) is 0 Å². The van der Waals surface area contributed by atoms with Gasteiger partial charge in [-0.2, -0.15) is 4.37 Å². The quantitative estimate of drug-likeness (QED) is 0.772. The molecule has 1 unspecified atom stereocenters. The maximum Gasteiger partial charge on any atom is 0.245 e. The van der Waals surface area contributed by atoms with Gasteiger partial charge in [-0.3, -0.25) is 0 Å². The monoisotopic (exact) mass is 309 g/mol. The molecule has 0 spiro atoms. The summed E-state index contributed by atoms with van der Waals surface area (Å²) in [6.45, 7) is 2.66. The van der Waals surface area contributed by atoms with Crippen LogP contribution in [-0.4, -0.2) is 40.2 Å². The van der Waals surface area contributed by atoms with Crippen molar-refractivity contribution in [2.24, 2.45) is 0 Å². The van der Waals surface area contributed by atoms with Crippen LogP contribution in [-0.2, 0) is 0 Å². The van der Waals surface area contributed by atoms with Gasteiger partial charge in [0.25, 0.3) is 0 Å². The van der Waals surface area contributed by atoms with E-state index in [-0.39, 0.29) is 12.6 Å². The van der Waals surface area contributed by atoms with Crippen molar-refractivity contribution >= 4 is 11.7 Å². The fourth-order valence-electron chi connectivity index (χ4n) is 1.78. The molecular formula is C14H19N3O3S. The minimum absolute atomic E-state index is 0.131. The third kappa shape index (κ3) is 4.96. The number of nitrogens with one attached hydrogen (secondary N) is 1. The number of rotatable bonds is 8. The van der Waals surface area contributed by atoms with Gasteiger partial charge in [0.2, 0.25) is 5.88 Å². The van der Waals surface area contributed by atoms with Crippen LogP contribution >= 0.6 is 11.7 Å². The van der Waals surface area contributed by atoms with E-state index in [1.54, 1.807) is 7.11 Å². The highest BCUT2D eigenvalue weighted by molar-refractivity contribution is 6.99. The highest BCUT2D eigenvalue weighted by Gasteiger charge is 2.10. The molecule has 21 heavy (non-hydrogen) atoms. The molecule has 2 N–H and O–H groups in total. The highest BCUT2D eigenvalue weighted by atomic mass is 32.1. The van der Waals surface area contributed by atoms with E-state index in [2.05, 4.69) is 14.1 Å². The van der Waals surface area contributed by atoms with Gasteiger partial charge in [-0.1, -0.05) is 12.1 Å². The van der Waals surface area contributed by atoms with Crippen LogP contribution in [0.1, 0.15) is 18.5 Å². The Morgan fingerprint density at radius 3 is 2.71 bits per heavy atom. The third-order valence-corrected chi connectivity index (χ3v) is 3.50. The summed E-state index contributed by atoms with van der Waals surface area (Å²) in [5.41, 5.74) is 1.13. The van der Waals surface area contributed by atoms with Crippen molar-refractivity contribution in [3.05, 3.63) is 36.0 Å². The van der Waals surface area contributed by atoms with Crippen LogP contribution in [0.4, 0.5) is 0 Å². The Balaban J connectivity index is 1.73. The second kappa shape index (κ2) is 7.92. The molecule has 0 aliphatic rings. The van der Waals surface area contributed by atoms with Gasteiger partial charge < -0.3 is 19.9 Å². The summed E-state index contributed by atoms with van der Waals surface area (Å²) in [4.78, 5) is 0. The molecule has 7 heteroatoms. The van der Waals surface area contributed by atoms with Crippen molar-refractivity contribution in [2.45, 2.75) is 19.1 Å². The van der Waals surface area contributed by atoms with Crippen LogP contribution in [0.2, 0.25) is 0 Å². The summed E-state index contributed by atoms with van der Waals surface area (Å²) in [5, 5.41) is 13.1. The second-order valence-electron chi connectivity index (χ2n) is 4.61. The molecular weight excluding hydrogens is 290 g/mol. The average molecular weight is 309 g/mol. The normalized spacial score (nSPS) is 13.7. The summed E-state index contributed by atoms with van der Waals surface area (Å²) in [5.74, 6) is 1.28. The van der Waals surface area contributed by atoms with Crippen molar-refractivity contribution in [3.63, 3.8) is 0 Å².